The molecule has 132 valence electrons. The molecule has 0 radical (unpaired) electrons. The predicted molar refractivity (Wildman–Crippen MR) is 50.5 cm³/mol. The maximum Gasteiger partial charge on any atom is 2.00 e. The fourth-order valence-corrected chi connectivity index (χ4v) is 0.823. The first-order valence-electron chi connectivity index (χ1n) is 4.66. The average molecular weight is 562 g/mol. The molecule has 19 heteroatoms. The Labute approximate surface area is 178 Å². The second kappa shape index (κ2) is 15.8. The molecule has 4 N–H and O–H groups in total. The standard InChI is InChI=1S/C6H8O6.2H3O4P.3Zn/c7-1-2(8)5-3(9)4(10)6(11)12-5;2*1-5(2,3)4;;;/h2,5,7-10H,1H2;2*(H3,1,2,3,4);;;/q;;;3*+2/p-6/t2-,5+;;;;;/m0...../s1. The fraction of sp³-hybridized carbons (Fsp3) is 0.500. The number of rotatable bonds is 2. The summed E-state index contributed by atoms with van der Waals surface area (Å²) in [7, 11) is -10.8. The van der Waals surface area contributed by atoms with Gasteiger partial charge in [-0.05, 0) is 0 Å². The van der Waals surface area contributed by atoms with Crippen LogP contribution in [0.2, 0.25) is 0 Å². The number of cyclic esters (lactones) is 1. The Morgan fingerprint density at radius 2 is 1.24 bits per heavy atom. The van der Waals surface area contributed by atoms with Crippen LogP contribution in [-0.4, -0.2) is 45.2 Å². The van der Waals surface area contributed by atoms with E-state index < -0.39 is 51.9 Å². The van der Waals surface area contributed by atoms with Gasteiger partial charge in [0, 0.05) is 0 Å². The summed E-state index contributed by atoms with van der Waals surface area (Å²) >= 11 is 0. The molecule has 0 aromatic carbocycles. The van der Waals surface area contributed by atoms with Crippen LogP contribution in [0.3, 0.4) is 0 Å². The molecule has 0 unspecified atom stereocenters. The Bertz CT molecular complexity index is 462. The molecule has 0 aromatic heterocycles. The van der Waals surface area contributed by atoms with Gasteiger partial charge < -0.3 is 63.7 Å². The van der Waals surface area contributed by atoms with Crippen molar-refractivity contribution in [1.82, 2.24) is 0 Å². The second-order valence-electron chi connectivity index (χ2n) is 3.20. The first-order valence-corrected chi connectivity index (χ1v) is 7.58. The first kappa shape index (κ1) is 36.7. The Morgan fingerprint density at radius 3 is 1.40 bits per heavy atom. The Morgan fingerprint density at radius 1 is 0.960 bits per heavy atom. The van der Waals surface area contributed by atoms with Gasteiger partial charge in [0.25, 0.3) is 0 Å². The monoisotopic (exact) mass is 558 g/mol. The molecule has 0 fully saturated rings. The summed E-state index contributed by atoms with van der Waals surface area (Å²) in [6.07, 6.45) is -2.78. The molecule has 1 heterocycles. The smallest absolute Gasteiger partial charge is 0.822 e. The van der Waals surface area contributed by atoms with Crippen LogP contribution in [0.4, 0.5) is 0 Å². The van der Waals surface area contributed by atoms with Gasteiger partial charge in [0.05, 0.1) is 6.61 Å². The molecule has 25 heavy (non-hydrogen) atoms. The average Bonchev–Trinajstić information content (AvgIpc) is 2.51. The van der Waals surface area contributed by atoms with Crippen molar-refractivity contribution in [3.8, 4) is 0 Å². The number of hydrogen-bond acceptors (Lipinski definition) is 14. The van der Waals surface area contributed by atoms with E-state index in [-0.39, 0.29) is 58.4 Å². The first-order chi connectivity index (χ1) is 9.57. The van der Waals surface area contributed by atoms with Crippen molar-refractivity contribution in [3.05, 3.63) is 11.5 Å². The minimum Gasteiger partial charge on any atom is -0.822 e. The second-order valence-corrected chi connectivity index (χ2v) is 4.99. The van der Waals surface area contributed by atoms with Crippen molar-refractivity contribution < 1.29 is 127 Å². The SMILES string of the molecule is O=C1O[C@H]([C@@H](O)CO)C(O)=C1O.O=P([O-])([O-])[O-].O=P([O-])([O-])[O-].[Zn+2].[Zn+2].[Zn+2]. The maximum atomic E-state index is 10.5. The summed E-state index contributed by atoms with van der Waals surface area (Å²) in [4.78, 5) is 61.8. The zero-order valence-electron chi connectivity index (χ0n) is 12.2. The Balaban J connectivity index is -0.0000000882. The summed E-state index contributed by atoms with van der Waals surface area (Å²) in [6, 6.07) is 0. The number of aliphatic hydroxyl groups is 4. The molecule has 0 spiro atoms. The molecule has 0 aliphatic carbocycles. The molecule has 0 aromatic rings. The van der Waals surface area contributed by atoms with Crippen LogP contribution in [-0.2, 0) is 77.1 Å². The van der Waals surface area contributed by atoms with Crippen molar-refractivity contribution in [1.29, 1.82) is 0 Å². The molecule has 0 saturated heterocycles. The quantitative estimate of drug-likeness (QED) is 0.138. The molecule has 14 nitrogen and oxygen atoms in total. The molecule has 0 saturated carbocycles. The molecule has 0 amide bonds. The summed E-state index contributed by atoms with van der Waals surface area (Å²) in [5.41, 5.74) is 0. The van der Waals surface area contributed by atoms with Crippen LogP contribution in [0, 0.1) is 0 Å². The van der Waals surface area contributed by atoms with Crippen LogP contribution < -0.4 is 29.4 Å². The largest absolute Gasteiger partial charge is 2.00 e. The number of carbonyl (C=O) groups is 1. The third kappa shape index (κ3) is 24.8. The van der Waals surface area contributed by atoms with Crippen molar-refractivity contribution in [2.45, 2.75) is 12.2 Å². The van der Waals surface area contributed by atoms with Crippen molar-refractivity contribution in [2.75, 3.05) is 6.61 Å². The number of aliphatic hydroxyl groups excluding tert-OH is 4. The van der Waals surface area contributed by atoms with Crippen molar-refractivity contribution in [2.24, 2.45) is 0 Å². The van der Waals surface area contributed by atoms with Gasteiger partial charge in [-0.15, -0.1) is 0 Å². The molecular formula is C6H8O14P2Zn3. The van der Waals surface area contributed by atoms with E-state index in [2.05, 4.69) is 4.74 Å². The normalized spacial score (nSPS) is 17.1. The van der Waals surface area contributed by atoms with E-state index in [0.717, 1.165) is 0 Å². The topological polar surface area (TPSA) is 280 Å². The van der Waals surface area contributed by atoms with Gasteiger partial charge in [-0.25, -0.2) is 4.79 Å². The minimum atomic E-state index is -5.39. The van der Waals surface area contributed by atoms with E-state index in [9.17, 15) is 4.79 Å². The van der Waals surface area contributed by atoms with Gasteiger partial charge >= 0.3 is 64.4 Å². The zero-order valence-corrected chi connectivity index (χ0v) is 22.9. The Hall–Kier alpha value is 0.820. The number of ether oxygens (including phenoxy) is 1. The van der Waals surface area contributed by atoms with Crippen LogP contribution >= 0.6 is 15.6 Å². The van der Waals surface area contributed by atoms with Gasteiger partial charge in [0.15, 0.2) is 11.9 Å². The van der Waals surface area contributed by atoms with Crippen molar-refractivity contribution >= 4 is 21.6 Å². The number of carbonyl (C=O) groups excluding carboxylic acids is 1. The van der Waals surface area contributed by atoms with E-state index in [1.54, 1.807) is 0 Å². The molecule has 1 rings (SSSR count). The van der Waals surface area contributed by atoms with Gasteiger partial charge in [-0.1, -0.05) is 0 Å². The summed E-state index contributed by atoms with van der Waals surface area (Å²) in [6.45, 7) is -0.671. The predicted octanol–water partition coefficient (Wildman–Crippen LogP) is -7.06. The molecule has 1 aliphatic heterocycles. The van der Waals surface area contributed by atoms with E-state index >= 15 is 0 Å². The van der Waals surface area contributed by atoms with E-state index in [4.69, 9.17) is 58.9 Å². The molecule has 2 atom stereocenters. The third-order valence-corrected chi connectivity index (χ3v) is 1.48. The molecule has 0 bridgehead atoms. The fourth-order valence-electron chi connectivity index (χ4n) is 0.823. The van der Waals surface area contributed by atoms with E-state index in [1.807, 2.05) is 0 Å². The van der Waals surface area contributed by atoms with Gasteiger partial charge in [0.1, 0.15) is 6.10 Å². The maximum absolute atomic E-state index is 10.5. The third-order valence-electron chi connectivity index (χ3n) is 1.48. The summed E-state index contributed by atoms with van der Waals surface area (Å²) in [5, 5.41) is 35.0. The van der Waals surface area contributed by atoms with Crippen molar-refractivity contribution in [3.63, 3.8) is 0 Å². The van der Waals surface area contributed by atoms with Crippen LogP contribution in [0.1, 0.15) is 0 Å². The number of hydrogen-bond donors (Lipinski definition) is 4. The van der Waals surface area contributed by atoms with E-state index in [1.165, 1.54) is 0 Å². The van der Waals surface area contributed by atoms with Gasteiger partial charge in [0.2, 0.25) is 5.76 Å². The van der Waals surface area contributed by atoms with Gasteiger partial charge in [-0.3, -0.25) is 0 Å². The molecule has 1 aliphatic rings. The Kier molecular flexibility index (Phi) is 23.2. The van der Waals surface area contributed by atoms with Crippen LogP contribution in [0.25, 0.3) is 0 Å². The summed E-state index contributed by atoms with van der Waals surface area (Å²) < 4.78 is 21.4. The summed E-state index contributed by atoms with van der Waals surface area (Å²) in [5.74, 6) is -2.78. The number of esters is 1. The minimum absolute atomic E-state index is 0. The zero-order chi connectivity index (χ0) is 18.3. The van der Waals surface area contributed by atoms with E-state index in [0.29, 0.717) is 0 Å². The van der Waals surface area contributed by atoms with Gasteiger partial charge in [-0.2, -0.15) is 15.6 Å². The number of phosphoric acid groups is 2. The molecular weight excluding hydrogens is 554 g/mol. The van der Waals surface area contributed by atoms with Crippen LogP contribution in [0.5, 0.6) is 0 Å². The van der Waals surface area contributed by atoms with Crippen LogP contribution in [0.15, 0.2) is 11.5 Å².